The van der Waals surface area contributed by atoms with Crippen LogP contribution >= 0.6 is 0 Å². The summed E-state index contributed by atoms with van der Waals surface area (Å²) >= 11 is 0. The third-order valence-electron chi connectivity index (χ3n) is 7.42. The van der Waals surface area contributed by atoms with Gasteiger partial charge in [0.25, 0.3) is 0 Å². The van der Waals surface area contributed by atoms with Crippen LogP contribution in [0.3, 0.4) is 0 Å². The lowest BCUT2D eigenvalue weighted by Gasteiger charge is -2.41. The van der Waals surface area contributed by atoms with E-state index in [-0.39, 0.29) is 42.7 Å². The number of carbonyl (C=O) groups is 3. The Balaban J connectivity index is 1.29. The number of carboxylic acids is 1. The average molecular weight is 479 g/mol. The highest BCUT2D eigenvalue weighted by Crippen LogP contribution is 2.45. The quantitative estimate of drug-likeness (QED) is 0.434. The molecule has 1 fully saturated rings. The predicted molar refractivity (Wildman–Crippen MR) is 133 cm³/mol. The van der Waals surface area contributed by atoms with Crippen LogP contribution in [-0.4, -0.2) is 42.8 Å². The Morgan fingerprint density at radius 3 is 2.20 bits per heavy atom. The van der Waals surface area contributed by atoms with Crippen molar-refractivity contribution in [3.05, 3.63) is 59.7 Å². The molecule has 7 nitrogen and oxygen atoms in total. The summed E-state index contributed by atoms with van der Waals surface area (Å²) in [6, 6.07) is 16.3. The Kier molecular flexibility index (Phi) is 7.73. The number of ether oxygens (including phenoxy) is 1. The topological polar surface area (TPSA) is 105 Å². The molecule has 1 unspecified atom stereocenters. The molecule has 1 atom stereocenters. The van der Waals surface area contributed by atoms with Crippen molar-refractivity contribution in [2.75, 3.05) is 19.7 Å². The van der Waals surface area contributed by atoms with E-state index in [4.69, 9.17) is 4.74 Å². The van der Waals surface area contributed by atoms with Gasteiger partial charge in [0.15, 0.2) is 0 Å². The van der Waals surface area contributed by atoms with Crippen molar-refractivity contribution in [1.82, 2.24) is 10.6 Å². The van der Waals surface area contributed by atoms with Crippen LogP contribution in [0.25, 0.3) is 11.1 Å². The number of hydrogen-bond donors (Lipinski definition) is 3. The maximum absolute atomic E-state index is 12.8. The number of fused-ring (bicyclic) bond motifs is 3. The van der Waals surface area contributed by atoms with Gasteiger partial charge in [0.05, 0.1) is 12.3 Å². The van der Waals surface area contributed by atoms with E-state index in [1.54, 1.807) is 0 Å². The fourth-order valence-corrected chi connectivity index (χ4v) is 5.36. The molecule has 2 aliphatic carbocycles. The fraction of sp³-hybridized carbons (Fsp3) is 0.464. The van der Waals surface area contributed by atoms with Crippen LogP contribution in [0, 0.1) is 11.3 Å². The maximum atomic E-state index is 12.8. The number of benzene rings is 2. The van der Waals surface area contributed by atoms with Crippen LogP contribution < -0.4 is 10.6 Å². The molecule has 0 heterocycles. The summed E-state index contributed by atoms with van der Waals surface area (Å²) in [5.74, 6) is -1.39. The SMILES string of the molecule is CCCC(CNC(=O)OCC1c2ccccc2-c2ccccc21)C(=O)NCC1(CC(=O)O)CCC1. The first-order valence-corrected chi connectivity index (χ1v) is 12.5. The first-order valence-electron chi connectivity index (χ1n) is 12.5. The summed E-state index contributed by atoms with van der Waals surface area (Å²) in [7, 11) is 0. The summed E-state index contributed by atoms with van der Waals surface area (Å²) in [5, 5.41) is 14.9. The number of amides is 2. The van der Waals surface area contributed by atoms with Gasteiger partial charge in [0, 0.05) is 19.0 Å². The summed E-state index contributed by atoms with van der Waals surface area (Å²) in [6.07, 6.45) is 3.58. The summed E-state index contributed by atoms with van der Waals surface area (Å²) < 4.78 is 5.59. The van der Waals surface area contributed by atoms with Crippen molar-refractivity contribution in [1.29, 1.82) is 0 Å². The van der Waals surface area contributed by atoms with Gasteiger partial charge in [-0.05, 0) is 46.9 Å². The Hall–Kier alpha value is -3.35. The number of alkyl carbamates (subject to hydrolysis) is 1. The van der Waals surface area contributed by atoms with Crippen LogP contribution in [0.4, 0.5) is 4.79 Å². The summed E-state index contributed by atoms with van der Waals surface area (Å²) in [5.41, 5.74) is 4.30. The molecule has 4 rings (SSSR count). The van der Waals surface area contributed by atoms with Gasteiger partial charge in [-0.2, -0.15) is 0 Å². The van der Waals surface area contributed by atoms with Crippen molar-refractivity contribution >= 4 is 18.0 Å². The molecule has 0 aromatic heterocycles. The average Bonchev–Trinajstić information content (AvgIpc) is 3.15. The molecule has 2 aromatic carbocycles. The van der Waals surface area contributed by atoms with Crippen LogP contribution in [0.1, 0.15) is 62.5 Å². The van der Waals surface area contributed by atoms with E-state index in [0.29, 0.717) is 13.0 Å². The molecular weight excluding hydrogens is 444 g/mol. The molecule has 35 heavy (non-hydrogen) atoms. The van der Waals surface area contributed by atoms with Gasteiger partial charge in [0.1, 0.15) is 6.61 Å². The molecule has 0 aliphatic heterocycles. The number of hydrogen-bond acceptors (Lipinski definition) is 4. The second-order valence-corrected chi connectivity index (χ2v) is 9.83. The molecule has 0 radical (unpaired) electrons. The van der Waals surface area contributed by atoms with Gasteiger partial charge < -0.3 is 20.5 Å². The number of rotatable bonds is 11. The molecule has 2 aliphatic rings. The minimum absolute atomic E-state index is 0.0178. The predicted octanol–water partition coefficient (Wildman–Crippen LogP) is 4.70. The van der Waals surface area contributed by atoms with Crippen molar-refractivity contribution in [3.63, 3.8) is 0 Å². The molecule has 2 amide bonds. The standard InChI is InChI=1S/C28H34N2O5/c1-2-8-19(26(33)30-18-28(13-7-14-28)15-25(31)32)16-29-27(34)35-17-24-22-11-5-3-9-20(22)21-10-4-6-12-23(21)24/h3-6,9-12,19,24H,2,7-8,13-18H2,1H3,(H,29,34)(H,30,33)(H,31,32). The first-order chi connectivity index (χ1) is 16.9. The largest absolute Gasteiger partial charge is 0.481 e. The molecule has 1 saturated carbocycles. The van der Waals surface area contributed by atoms with Gasteiger partial charge in [-0.25, -0.2) is 4.79 Å². The van der Waals surface area contributed by atoms with Gasteiger partial charge in [-0.1, -0.05) is 68.3 Å². The van der Waals surface area contributed by atoms with Crippen LogP contribution in [-0.2, 0) is 14.3 Å². The van der Waals surface area contributed by atoms with E-state index in [0.717, 1.165) is 36.8 Å². The van der Waals surface area contributed by atoms with Gasteiger partial charge in [-0.3, -0.25) is 9.59 Å². The highest BCUT2D eigenvalue weighted by Gasteiger charge is 2.39. The Labute approximate surface area is 206 Å². The van der Waals surface area contributed by atoms with E-state index >= 15 is 0 Å². The Morgan fingerprint density at radius 2 is 1.66 bits per heavy atom. The normalized spacial score (nSPS) is 16.4. The van der Waals surface area contributed by atoms with Crippen LogP contribution in [0.15, 0.2) is 48.5 Å². The smallest absolute Gasteiger partial charge is 0.407 e. The zero-order chi connectivity index (χ0) is 24.8. The third kappa shape index (κ3) is 5.66. The van der Waals surface area contributed by atoms with Crippen molar-refractivity contribution in [3.8, 4) is 11.1 Å². The number of aliphatic carboxylic acids is 1. The highest BCUT2D eigenvalue weighted by molar-refractivity contribution is 5.80. The van der Waals surface area contributed by atoms with Gasteiger partial charge in [0.2, 0.25) is 5.91 Å². The van der Waals surface area contributed by atoms with E-state index in [9.17, 15) is 19.5 Å². The van der Waals surface area contributed by atoms with Crippen molar-refractivity contribution < 1.29 is 24.2 Å². The zero-order valence-electron chi connectivity index (χ0n) is 20.2. The highest BCUT2D eigenvalue weighted by atomic mass is 16.5. The second kappa shape index (κ2) is 10.9. The summed E-state index contributed by atoms with van der Waals surface area (Å²) in [4.78, 5) is 36.5. The lowest BCUT2D eigenvalue weighted by molar-refractivity contribution is -0.142. The summed E-state index contributed by atoms with van der Waals surface area (Å²) in [6.45, 7) is 2.76. The zero-order valence-corrected chi connectivity index (χ0v) is 20.2. The molecule has 186 valence electrons. The minimum atomic E-state index is -0.832. The molecule has 3 N–H and O–H groups in total. The van der Waals surface area contributed by atoms with Gasteiger partial charge in [-0.15, -0.1) is 0 Å². The molecule has 0 spiro atoms. The van der Waals surface area contributed by atoms with E-state index < -0.39 is 12.1 Å². The lowest BCUT2D eigenvalue weighted by Crippen LogP contribution is -2.46. The molecular formula is C28H34N2O5. The maximum Gasteiger partial charge on any atom is 0.407 e. The number of nitrogens with one attached hydrogen (secondary N) is 2. The van der Waals surface area contributed by atoms with Crippen LogP contribution in [0.5, 0.6) is 0 Å². The van der Waals surface area contributed by atoms with E-state index in [1.807, 2.05) is 31.2 Å². The van der Waals surface area contributed by atoms with E-state index in [2.05, 4.69) is 34.9 Å². The molecule has 7 heteroatoms. The lowest BCUT2D eigenvalue weighted by atomic mass is 9.66. The fourth-order valence-electron chi connectivity index (χ4n) is 5.36. The Bertz CT molecular complexity index is 1030. The third-order valence-corrected chi connectivity index (χ3v) is 7.42. The number of carbonyl (C=O) groups excluding carboxylic acids is 2. The molecule has 0 saturated heterocycles. The van der Waals surface area contributed by atoms with Gasteiger partial charge >= 0.3 is 12.1 Å². The first kappa shape index (κ1) is 24.8. The molecule has 2 aromatic rings. The second-order valence-electron chi connectivity index (χ2n) is 9.83. The van der Waals surface area contributed by atoms with Crippen LogP contribution in [0.2, 0.25) is 0 Å². The monoisotopic (exact) mass is 478 g/mol. The van der Waals surface area contributed by atoms with Crippen molar-refractivity contribution in [2.24, 2.45) is 11.3 Å². The minimum Gasteiger partial charge on any atom is -0.481 e. The van der Waals surface area contributed by atoms with E-state index in [1.165, 1.54) is 11.1 Å². The number of carboxylic acid groups (broad SMARTS) is 1. The molecule has 0 bridgehead atoms. The van der Waals surface area contributed by atoms with Crippen molar-refractivity contribution in [2.45, 2.75) is 51.4 Å². The Morgan fingerprint density at radius 1 is 1.03 bits per heavy atom.